The smallest absolute Gasteiger partial charge is 0.545 e. The Balaban J connectivity index is -0.0000000302. The SMILES string of the molecule is O=C([O-])/C=C\C(=O)O.O=C([O-])/C=C\C(=O)O.[Cd+2].[OH3+].[OH3+].[OH3+].[OH3+]. The van der Waals surface area contributed by atoms with E-state index in [0.717, 1.165) is 0 Å². The molecule has 0 aliphatic rings. The molecule has 21 heavy (non-hydrogen) atoms. The number of carboxylic acids is 4. The third kappa shape index (κ3) is 71.4. The van der Waals surface area contributed by atoms with E-state index in [1.807, 2.05) is 0 Å². The summed E-state index contributed by atoms with van der Waals surface area (Å²) in [6, 6.07) is 0. The van der Waals surface area contributed by atoms with Crippen LogP contribution < -0.4 is 10.2 Å². The predicted molar refractivity (Wildman–Crippen MR) is 63.1 cm³/mol. The van der Waals surface area contributed by atoms with Crippen LogP contribution in [-0.4, -0.2) is 34.1 Å². The number of rotatable bonds is 4. The van der Waals surface area contributed by atoms with E-state index in [0.29, 0.717) is 24.3 Å². The van der Waals surface area contributed by atoms with Gasteiger partial charge in [0.05, 0.1) is 11.9 Å². The van der Waals surface area contributed by atoms with Crippen molar-refractivity contribution in [1.29, 1.82) is 0 Å². The molecule has 0 aliphatic carbocycles. The van der Waals surface area contributed by atoms with E-state index in [9.17, 15) is 29.4 Å². The van der Waals surface area contributed by atoms with Crippen molar-refractivity contribution in [2.75, 3.05) is 0 Å². The maximum Gasteiger partial charge on any atom is 2.00 e. The molecule has 0 aromatic rings. The maximum absolute atomic E-state index is 9.53. The molecule has 0 rings (SSSR count). The van der Waals surface area contributed by atoms with Crippen molar-refractivity contribution in [3.63, 3.8) is 0 Å². The van der Waals surface area contributed by atoms with Gasteiger partial charge in [0, 0.05) is 12.2 Å². The van der Waals surface area contributed by atoms with Crippen LogP contribution in [0.5, 0.6) is 0 Å². The Morgan fingerprint density at radius 2 is 0.810 bits per heavy atom. The average molecular weight is 419 g/mol. The van der Waals surface area contributed by atoms with E-state index in [1.54, 1.807) is 0 Å². The predicted octanol–water partition coefficient (Wildman–Crippen LogP) is -6.94. The minimum absolute atomic E-state index is 0. The molecule has 0 amide bonds. The van der Waals surface area contributed by atoms with E-state index in [-0.39, 0.29) is 49.2 Å². The molecular weight excluding hydrogens is 400 g/mol. The first kappa shape index (κ1) is 42.7. The summed E-state index contributed by atoms with van der Waals surface area (Å²) < 4.78 is 0. The van der Waals surface area contributed by atoms with Crippen LogP contribution in [0.3, 0.4) is 0 Å². The van der Waals surface area contributed by atoms with Crippen LogP contribution in [0.1, 0.15) is 0 Å². The quantitative estimate of drug-likeness (QED) is 0.250. The number of hydrogen-bond acceptors (Lipinski definition) is 6. The minimum atomic E-state index is -1.51. The second-order valence-corrected chi connectivity index (χ2v) is 1.98. The van der Waals surface area contributed by atoms with Crippen molar-refractivity contribution in [2.45, 2.75) is 0 Å². The van der Waals surface area contributed by atoms with E-state index in [2.05, 4.69) is 0 Å². The molecule has 0 saturated carbocycles. The average Bonchev–Trinajstić information content (AvgIpc) is 2.12. The Morgan fingerprint density at radius 3 is 0.857 bits per heavy atom. The molecule has 120 valence electrons. The number of carbonyl (C=O) groups excluding carboxylic acids is 2. The largest absolute Gasteiger partial charge is 2.00 e. The fourth-order valence-corrected chi connectivity index (χ4v) is 0.279. The van der Waals surface area contributed by atoms with E-state index in [1.165, 1.54) is 0 Å². The Morgan fingerprint density at radius 1 is 0.619 bits per heavy atom. The van der Waals surface area contributed by atoms with Gasteiger partial charge >= 0.3 is 39.2 Å². The van der Waals surface area contributed by atoms with Gasteiger partial charge < -0.3 is 51.9 Å². The normalized spacial score (nSPS) is 7.24. The van der Waals surface area contributed by atoms with E-state index >= 15 is 0 Å². The zero-order valence-electron chi connectivity index (χ0n) is 10.7. The molecule has 0 radical (unpaired) electrons. The van der Waals surface area contributed by atoms with Crippen LogP contribution in [0.15, 0.2) is 24.3 Å². The molecular formula is C8H18CdO12+4. The molecule has 0 atom stereocenters. The topological polar surface area (TPSA) is 287 Å². The van der Waals surface area contributed by atoms with Gasteiger partial charge in [0.1, 0.15) is 0 Å². The number of hydrogen-bond donors (Lipinski definition) is 2. The summed E-state index contributed by atoms with van der Waals surface area (Å²) in [5.41, 5.74) is 0. The molecule has 12 nitrogen and oxygen atoms in total. The van der Waals surface area contributed by atoms with Gasteiger partial charge in [-0.25, -0.2) is 9.59 Å². The van der Waals surface area contributed by atoms with Crippen LogP contribution >= 0.6 is 0 Å². The van der Waals surface area contributed by atoms with Crippen molar-refractivity contribution in [1.82, 2.24) is 0 Å². The van der Waals surface area contributed by atoms with Crippen LogP contribution in [0, 0.1) is 0 Å². The number of aliphatic carboxylic acids is 4. The standard InChI is InChI=1S/2C4H4O4.Cd.4H2O/c2*5-3(6)1-2-4(7)8;;;;;/h2*1-2H,(H,5,6)(H,7,8);;4*1H2/q;;+2;;;;/p+2/b2*2-1-;;;;;. The summed E-state index contributed by atoms with van der Waals surface area (Å²) in [4.78, 5) is 37.9. The van der Waals surface area contributed by atoms with Crippen molar-refractivity contribution in [3.05, 3.63) is 24.3 Å². The fraction of sp³-hybridized carbons (Fsp3) is 0. The van der Waals surface area contributed by atoms with Crippen LogP contribution in [0.2, 0.25) is 0 Å². The third-order valence-corrected chi connectivity index (χ3v) is 0.724. The van der Waals surface area contributed by atoms with Crippen LogP contribution in [0.4, 0.5) is 0 Å². The van der Waals surface area contributed by atoms with Gasteiger partial charge in [0.25, 0.3) is 0 Å². The zero-order chi connectivity index (χ0) is 13.1. The van der Waals surface area contributed by atoms with Gasteiger partial charge in [-0.05, 0) is 12.2 Å². The monoisotopic (exact) mass is 420 g/mol. The molecule has 0 aromatic heterocycles. The summed E-state index contributed by atoms with van der Waals surface area (Å²) in [6.07, 6.45) is 1.88. The first-order valence-electron chi connectivity index (χ1n) is 3.49. The molecule has 0 unspecified atom stereocenters. The van der Waals surface area contributed by atoms with Gasteiger partial charge in [-0.1, -0.05) is 0 Å². The molecule has 14 N–H and O–H groups in total. The Labute approximate surface area is 137 Å². The zero-order valence-corrected chi connectivity index (χ0v) is 14.7. The van der Waals surface area contributed by atoms with Gasteiger partial charge in [-0.15, -0.1) is 0 Å². The van der Waals surface area contributed by atoms with Crippen LogP contribution in [-0.2, 0) is 68.4 Å². The summed E-state index contributed by atoms with van der Waals surface area (Å²) in [6.45, 7) is 0. The molecule has 0 saturated heterocycles. The Kier molecular flexibility index (Phi) is 54.2. The van der Waals surface area contributed by atoms with Gasteiger partial charge in [0.2, 0.25) is 0 Å². The van der Waals surface area contributed by atoms with Crippen molar-refractivity contribution in [3.8, 4) is 0 Å². The van der Waals surface area contributed by atoms with Crippen molar-refractivity contribution >= 4 is 23.9 Å². The molecule has 0 bridgehead atoms. The summed E-state index contributed by atoms with van der Waals surface area (Å²) in [5, 5.41) is 34.5. The van der Waals surface area contributed by atoms with Crippen LogP contribution in [0.25, 0.3) is 0 Å². The summed E-state index contributed by atoms with van der Waals surface area (Å²) in [5.74, 6) is -5.61. The second-order valence-electron chi connectivity index (χ2n) is 1.98. The number of carboxylic acid groups (broad SMARTS) is 4. The Hall–Kier alpha value is -1.88. The van der Waals surface area contributed by atoms with Gasteiger partial charge in [0.15, 0.2) is 0 Å². The molecule has 0 aromatic carbocycles. The van der Waals surface area contributed by atoms with Crippen molar-refractivity contribution in [2.24, 2.45) is 0 Å². The molecule has 0 fully saturated rings. The number of carbonyl (C=O) groups is 4. The summed E-state index contributed by atoms with van der Waals surface area (Å²) >= 11 is 0. The third-order valence-electron chi connectivity index (χ3n) is 0.724. The molecule has 0 spiro atoms. The second kappa shape index (κ2) is 26.6. The first-order chi connectivity index (χ1) is 7.25. The minimum Gasteiger partial charge on any atom is -0.545 e. The van der Waals surface area contributed by atoms with Crippen molar-refractivity contribution < 1.29 is 88.8 Å². The fourth-order valence-electron chi connectivity index (χ4n) is 0.279. The molecule has 13 heteroatoms. The molecule has 0 aliphatic heterocycles. The first-order valence-corrected chi connectivity index (χ1v) is 3.49. The maximum atomic E-state index is 9.53. The summed E-state index contributed by atoms with van der Waals surface area (Å²) in [7, 11) is 0. The van der Waals surface area contributed by atoms with Gasteiger partial charge in [-0.2, -0.15) is 0 Å². The van der Waals surface area contributed by atoms with E-state index in [4.69, 9.17) is 10.2 Å². The van der Waals surface area contributed by atoms with Gasteiger partial charge in [-0.3, -0.25) is 0 Å². The molecule has 0 heterocycles. The Bertz CT molecular complexity index is 281. The van der Waals surface area contributed by atoms with E-state index < -0.39 is 23.9 Å².